The summed E-state index contributed by atoms with van der Waals surface area (Å²) in [7, 11) is 0. The summed E-state index contributed by atoms with van der Waals surface area (Å²) in [6.45, 7) is 7.28. The average molecular weight is 184 g/mol. The zero-order valence-electron chi connectivity index (χ0n) is 8.18. The number of morpholine rings is 1. The van der Waals surface area contributed by atoms with Crippen molar-refractivity contribution >= 4 is 0 Å². The highest BCUT2D eigenvalue weighted by atomic mass is 16.5. The lowest BCUT2D eigenvalue weighted by Gasteiger charge is -2.36. The van der Waals surface area contributed by atoms with Crippen LogP contribution in [0.2, 0.25) is 0 Å². The summed E-state index contributed by atoms with van der Waals surface area (Å²) >= 11 is 0. The van der Waals surface area contributed by atoms with E-state index in [1.807, 2.05) is 0 Å². The van der Waals surface area contributed by atoms with Crippen molar-refractivity contribution in [2.45, 2.75) is 26.0 Å². The van der Waals surface area contributed by atoms with Gasteiger partial charge in [-0.2, -0.15) is 0 Å². The van der Waals surface area contributed by atoms with E-state index in [4.69, 9.17) is 10.3 Å². The van der Waals surface area contributed by atoms with Crippen molar-refractivity contribution < 1.29 is 4.74 Å². The molecule has 0 saturated carbocycles. The summed E-state index contributed by atoms with van der Waals surface area (Å²) in [5.41, 5.74) is 8.13. The van der Waals surface area contributed by atoms with Crippen LogP contribution in [0.1, 0.15) is 13.8 Å². The Bertz CT molecular complexity index is 202. The molecule has 0 N–H and O–H groups in total. The van der Waals surface area contributed by atoms with Gasteiger partial charge in [0.2, 0.25) is 0 Å². The summed E-state index contributed by atoms with van der Waals surface area (Å²) < 4.78 is 5.48. The number of rotatable bonds is 3. The topological polar surface area (TPSA) is 61.2 Å². The summed E-state index contributed by atoms with van der Waals surface area (Å²) in [5.74, 6) is 0. The van der Waals surface area contributed by atoms with E-state index in [0.717, 1.165) is 19.7 Å². The zero-order chi connectivity index (χ0) is 9.68. The SMILES string of the molecule is CC1CN(CCN=[N+]=[N-])C(C)CO1. The van der Waals surface area contributed by atoms with Gasteiger partial charge in [0.1, 0.15) is 0 Å². The van der Waals surface area contributed by atoms with Gasteiger partial charge in [-0.3, -0.25) is 4.90 Å². The molecule has 5 nitrogen and oxygen atoms in total. The van der Waals surface area contributed by atoms with E-state index in [1.54, 1.807) is 0 Å². The Morgan fingerprint density at radius 3 is 3.08 bits per heavy atom. The van der Waals surface area contributed by atoms with Crippen LogP contribution in [-0.2, 0) is 4.74 Å². The molecule has 74 valence electrons. The molecule has 0 aromatic heterocycles. The van der Waals surface area contributed by atoms with Crippen LogP contribution in [0.5, 0.6) is 0 Å². The summed E-state index contributed by atoms with van der Waals surface area (Å²) in [4.78, 5) is 5.03. The summed E-state index contributed by atoms with van der Waals surface area (Å²) in [6, 6.07) is 0.435. The molecular weight excluding hydrogens is 168 g/mol. The van der Waals surface area contributed by atoms with Gasteiger partial charge in [0.25, 0.3) is 0 Å². The van der Waals surface area contributed by atoms with Crippen LogP contribution < -0.4 is 0 Å². The number of hydrogen-bond donors (Lipinski definition) is 0. The fourth-order valence-electron chi connectivity index (χ4n) is 1.50. The van der Waals surface area contributed by atoms with Crippen LogP contribution in [0, 0.1) is 0 Å². The normalized spacial score (nSPS) is 29.7. The van der Waals surface area contributed by atoms with E-state index >= 15 is 0 Å². The molecule has 0 aliphatic carbocycles. The highest BCUT2D eigenvalue weighted by Crippen LogP contribution is 2.10. The number of hydrogen-bond acceptors (Lipinski definition) is 3. The third-order valence-corrected chi connectivity index (χ3v) is 2.29. The monoisotopic (exact) mass is 184 g/mol. The molecule has 0 radical (unpaired) electrons. The maximum absolute atomic E-state index is 8.13. The van der Waals surface area contributed by atoms with Gasteiger partial charge in [0.05, 0.1) is 12.7 Å². The van der Waals surface area contributed by atoms with Gasteiger partial charge < -0.3 is 4.74 Å². The van der Waals surface area contributed by atoms with Crippen LogP contribution >= 0.6 is 0 Å². The predicted molar refractivity (Wildman–Crippen MR) is 50.5 cm³/mol. The molecule has 1 heterocycles. The lowest BCUT2D eigenvalue weighted by molar-refractivity contribution is -0.0479. The molecular formula is C8H16N4O. The maximum Gasteiger partial charge on any atom is 0.0674 e. The first kappa shape index (κ1) is 10.3. The molecule has 13 heavy (non-hydrogen) atoms. The molecule has 1 aliphatic rings. The third-order valence-electron chi connectivity index (χ3n) is 2.29. The fraction of sp³-hybridized carbons (Fsp3) is 1.00. The molecule has 2 atom stereocenters. The minimum absolute atomic E-state index is 0.294. The van der Waals surface area contributed by atoms with Crippen molar-refractivity contribution in [2.75, 3.05) is 26.2 Å². The highest BCUT2D eigenvalue weighted by molar-refractivity contribution is 4.75. The van der Waals surface area contributed by atoms with Crippen molar-refractivity contribution in [3.63, 3.8) is 0 Å². The lowest BCUT2D eigenvalue weighted by atomic mass is 10.2. The lowest BCUT2D eigenvalue weighted by Crippen LogP contribution is -2.48. The van der Waals surface area contributed by atoms with Gasteiger partial charge in [-0.05, 0) is 19.4 Å². The standard InChI is InChI=1S/C8H16N4O/c1-7-6-13-8(2)5-12(7)4-3-10-11-9/h7-8H,3-6H2,1-2H3. The molecule has 0 bridgehead atoms. The van der Waals surface area contributed by atoms with Crippen LogP contribution in [0.25, 0.3) is 10.4 Å². The number of azide groups is 1. The molecule has 5 heteroatoms. The van der Waals surface area contributed by atoms with Crippen LogP contribution in [0.15, 0.2) is 5.11 Å². The highest BCUT2D eigenvalue weighted by Gasteiger charge is 2.22. The van der Waals surface area contributed by atoms with Crippen LogP contribution in [0.4, 0.5) is 0 Å². The maximum atomic E-state index is 8.13. The molecule has 1 saturated heterocycles. The molecule has 0 spiro atoms. The zero-order valence-corrected chi connectivity index (χ0v) is 8.18. The van der Waals surface area contributed by atoms with Crippen molar-refractivity contribution in [2.24, 2.45) is 5.11 Å². The Morgan fingerprint density at radius 2 is 2.38 bits per heavy atom. The van der Waals surface area contributed by atoms with Gasteiger partial charge in [-0.1, -0.05) is 5.11 Å². The first-order valence-corrected chi connectivity index (χ1v) is 4.60. The quantitative estimate of drug-likeness (QED) is 0.378. The third kappa shape index (κ3) is 3.22. The van der Waals surface area contributed by atoms with E-state index in [1.165, 1.54) is 0 Å². The first-order chi connectivity index (χ1) is 6.24. The summed E-state index contributed by atoms with van der Waals surface area (Å²) in [6.07, 6.45) is 0.294. The predicted octanol–water partition coefficient (Wildman–Crippen LogP) is 1.41. The smallest absolute Gasteiger partial charge is 0.0674 e. The second kappa shape index (κ2) is 5.07. The minimum atomic E-state index is 0.294. The Balaban J connectivity index is 2.32. The molecule has 0 aromatic carbocycles. The average Bonchev–Trinajstić information content (AvgIpc) is 2.11. The van der Waals surface area contributed by atoms with Crippen LogP contribution in [0.3, 0.4) is 0 Å². The molecule has 0 amide bonds. The first-order valence-electron chi connectivity index (χ1n) is 4.60. The largest absolute Gasteiger partial charge is 0.376 e. The van der Waals surface area contributed by atoms with Crippen molar-refractivity contribution in [3.05, 3.63) is 10.4 Å². The van der Waals surface area contributed by atoms with Gasteiger partial charge in [-0.25, -0.2) is 0 Å². The fourth-order valence-corrected chi connectivity index (χ4v) is 1.50. The van der Waals surface area contributed by atoms with Gasteiger partial charge in [0.15, 0.2) is 0 Å². The van der Waals surface area contributed by atoms with E-state index in [-0.39, 0.29) is 0 Å². The van der Waals surface area contributed by atoms with Crippen molar-refractivity contribution in [1.82, 2.24) is 4.90 Å². The number of nitrogens with zero attached hydrogens (tertiary/aromatic N) is 4. The Labute approximate surface area is 78.3 Å². The molecule has 1 rings (SSSR count). The number of ether oxygens (including phenoxy) is 1. The van der Waals surface area contributed by atoms with Gasteiger partial charge in [-0.15, -0.1) is 0 Å². The molecule has 0 aromatic rings. The Morgan fingerprint density at radius 1 is 1.62 bits per heavy atom. The Kier molecular flexibility index (Phi) is 4.02. The van der Waals surface area contributed by atoms with Crippen molar-refractivity contribution in [3.8, 4) is 0 Å². The second-order valence-electron chi connectivity index (χ2n) is 3.44. The van der Waals surface area contributed by atoms with Gasteiger partial charge in [0, 0.05) is 30.6 Å². The van der Waals surface area contributed by atoms with Gasteiger partial charge >= 0.3 is 0 Å². The van der Waals surface area contributed by atoms with Crippen molar-refractivity contribution in [1.29, 1.82) is 0 Å². The van der Waals surface area contributed by atoms with E-state index < -0.39 is 0 Å². The molecule has 1 aliphatic heterocycles. The second-order valence-corrected chi connectivity index (χ2v) is 3.44. The minimum Gasteiger partial charge on any atom is -0.376 e. The van der Waals surface area contributed by atoms with E-state index in [0.29, 0.717) is 18.7 Å². The van der Waals surface area contributed by atoms with Crippen LogP contribution in [-0.4, -0.2) is 43.3 Å². The van der Waals surface area contributed by atoms with E-state index in [9.17, 15) is 0 Å². The molecule has 1 fully saturated rings. The molecule has 2 unspecified atom stereocenters. The summed E-state index contributed by atoms with van der Waals surface area (Å²) in [5, 5.41) is 3.52. The van der Waals surface area contributed by atoms with E-state index in [2.05, 4.69) is 28.8 Å². The Hall–Kier alpha value is -0.770.